The zero-order chi connectivity index (χ0) is 17.5. The normalized spacial score (nSPS) is 16.7. The van der Waals surface area contributed by atoms with Gasteiger partial charge in [-0.05, 0) is 66.1 Å². The van der Waals surface area contributed by atoms with Gasteiger partial charge in [0.1, 0.15) is 5.82 Å². The SMILES string of the molecule is CCCCC1CC=C(C#Cc2ccc(-c3ccc(F)cc3)cc2)CC1. The first-order valence-electron chi connectivity index (χ1n) is 9.31. The topological polar surface area (TPSA) is 0 Å². The molecule has 1 aliphatic rings. The van der Waals surface area contributed by atoms with E-state index in [2.05, 4.69) is 24.8 Å². The Morgan fingerprint density at radius 1 is 0.960 bits per heavy atom. The van der Waals surface area contributed by atoms with Crippen molar-refractivity contribution in [2.45, 2.75) is 45.4 Å². The lowest BCUT2D eigenvalue weighted by Gasteiger charge is -2.19. The summed E-state index contributed by atoms with van der Waals surface area (Å²) in [4.78, 5) is 0. The Morgan fingerprint density at radius 2 is 1.64 bits per heavy atom. The van der Waals surface area contributed by atoms with E-state index in [1.807, 2.05) is 24.3 Å². The van der Waals surface area contributed by atoms with Crippen LogP contribution < -0.4 is 0 Å². The molecule has 0 saturated heterocycles. The molecule has 1 heteroatoms. The average molecular weight is 332 g/mol. The van der Waals surface area contributed by atoms with Gasteiger partial charge in [0.25, 0.3) is 0 Å². The van der Waals surface area contributed by atoms with Gasteiger partial charge in [0.2, 0.25) is 0 Å². The van der Waals surface area contributed by atoms with Crippen molar-refractivity contribution in [3.63, 3.8) is 0 Å². The molecule has 0 fully saturated rings. The molecular formula is C24H25F. The molecule has 0 aromatic heterocycles. The number of halogens is 1. The van der Waals surface area contributed by atoms with Gasteiger partial charge in [0.15, 0.2) is 0 Å². The predicted octanol–water partition coefficient (Wildman–Crippen LogP) is 6.76. The van der Waals surface area contributed by atoms with Crippen LogP contribution in [0.3, 0.4) is 0 Å². The van der Waals surface area contributed by atoms with Crippen molar-refractivity contribution in [2.75, 3.05) is 0 Å². The van der Waals surface area contributed by atoms with Gasteiger partial charge in [-0.15, -0.1) is 0 Å². The monoisotopic (exact) mass is 332 g/mol. The molecule has 128 valence electrons. The predicted molar refractivity (Wildman–Crippen MR) is 104 cm³/mol. The molecule has 1 aliphatic carbocycles. The van der Waals surface area contributed by atoms with Gasteiger partial charge in [0, 0.05) is 5.56 Å². The molecule has 2 aromatic carbocycles. The summed E-state index contributed by atoms with van der Waals surface area (Å²) in [6.07, 6.45) is 9.93. The fourth-order valence-corrected chi connectivity index (χ4v) is 3.30. The van der Waals surface area contributed by atoms with Crippen LogP contribution in [0.4, 0.5) is 4.39 Å². The molecule has 1 unspecified atom stereocenters. The average Bonchev–Trinajstić information content (AvgIpc) is 2.67. The van der Waals surface area contributed by atoms with Gasteiger partial charge in [-0.2, -0.15) is 0 Å². The summed E-state index contributed by atoms with van der Waals surface area (Å²) >= 11 is 0. The van der Waals surface area contributed by atoms with Crippen LogP contribution in [0.2, 0.25) is 0 Å². The number of rotatable bonds is 4. The molecule has 0 spiro atoms. The molecule has 2 aromatic rings. The molecule has 0 N–H and O–H groups in total. The zero-order valence-corrected chi connectivity index (χ0v) is 14.9. The minimum Gasteiger partial charge on any atom is -0.207 e. The summed E-state index contributed by atoms with van der Waals surface area (Å²) in [7, 11) is 0. The Hall–Kier alpha value is -2.33. The maximum absolute atomic E-state index is 13.0. The molecular weight excluding hydrogens is 307 g/mol. The molecule has 0 nitrogen and oxygen atoms in total. The molecule has 0 heterocycles. The van der Waals surface area contributed by atoms with E-state index < -0.39 is 0 Å². The van der Waals surface area contributed by atoms with Crippen molar-refractivity contribution >= 4 is 0 Å². The lowest BCUT2D eigenvalue weighted by atomic mass is 9.86. The molecule has 0 aliphatic heterocycles. The molecule has 0 radical (unpaired) electrons. The van der Waals surface area contributed by atoms with Gasteiger partial charge >= 0.3 is 0 Å². The van der Waals surface area contributed by atoms with Crippen LogP contribution in [0.15, 0.2) is 60.2 Å². The lowest BCUT2D eigenvalue weighted by molar-refractivity contribution is 0.425. The highest BCUT2D eigenvalue weighted by Crippen LogP contribution is 2.27. The summed E-state index contributed by atoms with van der Waals surface area (Å²) < 4.78 is 13.0. The fraction of sp³-hybridized carbons (Fsp3) is 0.333. The highest BCUT2D eigenvalue weighted by molar-refractivity contribution is 5.64. The van der Waals surface area contributed by atoms with Gasteiger partial charge < -0.3 is 0 Å². The number of hydrogen-bond acceptors (Lipinski definition) is 0. The smallest absolute Gasteiger partial charge is 0.123 e. The van der Waals surface area contributed by atoms with E-state index in [4.69, 9.17) is 0 Å². The molecule has 0 amide bonds. The number of benzene rings is 2. The van der Waals surface area contributed by atoms with Gasteiger partial charge in [-0.25, -0.2) is 4.39 Å². The third kappa shape index (κ3) is 5.07. The Bertz CT molecular complexity index is 770. The van der Waals surface area contributed by atoms with Crippen LogP contribution in [0.1, 0.15) is 51.0 Å². The van der Waals surface area contributed by atoms with Gasteiger partial charge in [-0.3, -0.25) is 0 Å². The van der Waals surface area contributed by atoms with Crippen LogP contribution in [0, 0.1) is 23.6 Å². The maximum atomic E-state index is 13.0. The van der Waals surface area contributed by atoms with E-state index in [1.54, 1.807) is 12.1 Å². The summed E-state index contributed by atoms with van der Waals surface area (Å²) in [6.45, 7) is 2.26. The van der Waals surface area contributed by atoms with Crippen molar-refractivity contribution in [2.24, 2.45) is 5.92 Å². The molecule has 3 rings (SSSR count). The minimum absolute atomic E-state index is 0.205. The highest BCUT2D eigenvalue weighted by Gasteiger charge is 2.12. The van der Waals surface area contributed by atoms with E-state index in [1.165, 1.54) is 49.8 Å². The largest absolute Gasteiger partial charge is 0.207 e. The zero-order valence-electron chi connectivity index (χ0n) is 14.9. The van der Waals surface area contributed by atoms with Crippen molar-refractivity contribution < 1.29 is 4.39 Å². The third-order valence-corrected chi connectivity index (χ3v) is 4.92. The van der Waals surface area contributed by atoms with Crippen molar-refractivity contribution in [1.82, 2.24) is 0 Å². The Labute approximate surface area is 150 Å². The molecule has 0 saturated carbocycles. The Morgan fingerprint density at radius 3 is 2.24 bits per heavy atom. The number of unbranched alkanes of at least 4 members (excludes halogenated alkanes) is 1. The first-order valence-corrected chi connectivity index (χ1v) is 9.31. The summed E-state index contributed by atoms with van der Waals surface area (Å²) in [5, 5.41) is 0. The molecule has 25 heavy (non-hydrogen) atoms. The second kappa shape index (κ2) is 8.67. The molecule has 1 atom stereocenters. The quantitative estimate of drug-likeness (QED) is 0.542. The van der Waals surface area contributed by atoms with Crippen LogP contribution in [-0.2, 0) is 0 Å². The highest BCUT2D eigenvalue weighted by atomic mass is 19.1. The van der Waals surface area contributed by atoms with Gasteiger partial charge in [0.05, 0.1) is 0 Å². The number of hydrogen-bond donors (Lipinski definition) is 0. The summed E-state index contributed by atoms with van der Waals surface area (Å²) in [5.41, 5.74) is 4.42. The van der Waals surface area contributed by atoms with Gasteiger partial charge in [-0.1, -0.05) is 68.4 Å². The minimum atomic E-state index is -0.205. The lowest BCUT2D eigenvalue weighted by Crippen LogP contribution is -2.05. The van der Waals surface area contributed by atoms with E-state index in [9.17, 15) is 4.39 Å². The Balaban J connectivity index is 1.62. The first kappa shape index (κ1) is 17.5. The van der Waals surface area contributed by atoms with E-state index in [0.717, 1.165) is 29.0 Å². The van der Waals surface area contributed by atoms with Crippen molar-refractivity contribution in [3.8, 4) is 23.0 Å². The second-order valence-corrected chi connectivity index (χ2v) is 6.85. The summed E-state index contributed by atoms with van der Waals surface area (Å²) in [6, 6.07) is 14.8. The van der Waals surface area contributed by atoms with Crippen LogP contribution >= 0.6 is 0 Å². The number of allylic oxidation sites excluding steroid dienone is 2. The summed E-state index contributed by atoms with van der Waals surface area (Å²) in [5.74, 6) is 7.28. The van der Waals surface area contributed by atoms with E-state index in [-0.39, 0.29) is 5.82 Å². The van der Waals surface area contributed by atoms with Crippen molar-refractivity contribution in [3.05, 3.63) is 71.6 Å². The molecule has 0 bridgehead atoms. The van der Waals surface area contributed by atoms with Crippen LogP contribution in [0.25, 0.3) is 11.1 Å². The first-order chi connectivity index (χ1) is 12.2. The second-order valence-electron chi connectivity index (χ2n) is 6.85. The van der Waals surface area contributed by atoms with E-state index in [0.29, 0.717) is 0 Å². The van der Waals surface area contributed by atoms with Crippen LogP contribution in [0.5, 0.6) is 0 Å². The van der Waals surface area contributed by atoms with E-state index >= 15 is 0 Å². The van der Waals surface area contributed by atoms with Crippen molar-refractivity contribution in [1.29, 1.82) is 0 Å². The fourth-order valence-electron chi connectivity index (χ4n) is 3.30. The maximum Gasteiger partial charge on any atom is 0.123 e. The standard InChI is InChI=1S/C24H25F/c1-2-3-4-19-5-7-20(8-6-19)9-10-21-11-13-22(14-12-21)23-15-17-24(25)18-16-23/h7,11-19H,2-6,8H2,1H3. The third-order valence-electron chi connectivity index (χ3n) is 4.92. The van der Waals surface area contributed by atoms with Crippen LogP contribution in [-0.4, -0.2) is 0 Å². The Kier molecular flexibility index (Phi) is 6.07.